The second-order valence-corrected chi connectivity index (χ2v) is 11.6. The van der Waals surface area contributed by atoms with Crippen molar-refractivity contribution in [3.63, 3.8) is 0 Å². The third kappa shape index (κ3) is 8.26. The summed E-state index contributed by atoms with van der Waals surface area (Å²) in [6.45, 7) is 6.54. The van der Waals surface area contributed by atoms with Gasteiger partial charge in [0.2, 0.25) is 17.7 Å². The van der Waals surface area contributed by atoms with Gasteiger partial charge in [-0.3, -0.25) is 23.9 Å². The number of oxazole rings is 1. The first-order chi connectivity index (χ1) is 22.2. The highest BCUT2D eigenvalue weighted by atomic mass is 16.3. The fourth-order valence-corrected chi connectivity index (χ4v) is 5.35. The zero-order valence-corrected chi connectivity index (χ0v) is 26.2. The molecule has 240 valence electrons. The average Bonchev–Trinajstić information content (AvgIpc) is 3.66. The quantitative estimate of drug-likeness (QED) is 0.256. The Hall–Kier alpha value is -5.26. The molecule has 1 aliphatic rings. The second kappa shape index (κ2) is 14.7. The van der Waals surface area contributed by atoms with E-state index in [1.54, 1.807) is 19.1 Å². The molecule has 0 unspecified atom stereocenters. The van der Waals surface area contributed by atoms with Gasteiger partial charge in [0.05, 0.1) is 12.2 Å². The van der Waals surface area contributed by atoms with Gasteiger partial charge in [-0.05, 0) is 69.4 Å². The molecule has 0 spiro atoms. The van der Waals surface area contributed by atoms with Crippen LogP contribution in [0.2, 0.25) is 0 Å². The first-order valence-corrected chi connectivity index (χ1v) is 15.5. The van der Waals surface area contributed by atoms with Crippen molar-refractivity contribution in [3.05, 3.63) is 107 Å². The Balaban J connectivity index is 1.28. The van der Waals surface area contributed by atoms with Crippen LogP contribution in [0.5, 0.6) is 0 Å². The Labute approximate surface area is 267 Å². The first-order valence-electron chi connectivity index (χ1n) is 15.5. The van der Waals surface area contributed by atoms with E-state index in [1.165, 1.54) is 6.26 Å². The van der Waals surface area contributed by atoms with Gasteiger partial charge in [-0.2, -0.15) is 5.10 Å². The summed E-state index contributed by atoms with van der Waals surface area (Å²) in [5.41, 5.74) is 4.29. The summed E-state index contributed by atoms with van der Waals surface area (Å²) in [6, 6.07) is 16.3. The summed E-state index contributed by atoms with van der Waals surface area (Å²) in [5, 5.41) is 15.9. The van der Waals surface area contributed by atoms with Gasteiger partial charge in [-0.1, -0.05) is 42.5 Å². The number of fused-ring (bicyclic) bond motifs is 2. The zero-order chi connectivity index (χ0) is 32.6. The molecule has 2 aromatic heterocycles. The molecule has 4 aromatic rings. The molecule has 12 nitrogen and oxygen atoms in total. The van der Waals surface area contributed by atoms with Crippen molar-refractivity contribution in [2.75, 3.05) is 6.54 Å². The molecule has 5 rings (SSSR count). The lowest BCUT2D eigenvalue weighted by Gasteiger charge is -2.21. The molecule has 0 aliphatic carbocycles. The number of hydrogen-bond donors (Lipinski definition) is 4. The third-order valence-electron chi connectivity index (χ3n) is 7.88. The van der Waals surface area contributed by atoms with Crippen molar-refractivity contribution in [1.82, 2.24) is 36.0 Å². The van der Waals surface area contributed by atoms with E-state index in [4.69, 9.17) is 4.42 Å². The highest BCUT2D eigenvalue weighted by Gasteiger charge is 2.27. The molecule has 0 radical (unpaired) electrons. The van der Waals surface area contributed by atoms with E-state index >= 15 is 0 Å². The summed E-state index contributed by atoms with van der Waals surface area (Å²) in [7, 11) is 0. The van der Waals surface area contributed by atoms with Gasteiger partial charge in [0.15, 0.2) is 5.69 Å². The van der Waals surface area contributed by atoms with Crippen LogP contribution in [0.15, 0.2) is 71.3 Å². The van der Waals surface area contributed by atoms with Crippen molar-refractivity contribution >= 4 is 23.6 Å². The zero-order valence-electron chi connectivity index (χ0n) is 26.2. The maximum atomic E-state index is 13.4. The molecule has 3 heterocycles. The number of aryl methyl sites for hydroxylation is 2. The number of carbonyl (C=O) groups is 4. The van der Waals surface area contributed by atoms with Crippen LogP contribution >= 0.6 is 0 Å². The Morgan fingerprint density at radius 2 is 1.74 bits per heavy atom. The minimum atomic E-state index is -0.850. The Morgan fingerprint density at radius 1 is 0.978 bits per heavy atom. The van der Waals surface area contributed by atoms with Crippen LogP contribution in [0.3, 0.4) is 0 Å². The van der Waals surface area contributed by atoms with Crippen molar-refractivity contribution < 1.29 is 23.6 Å². The van der Waals surface area contributed by atoms with Gasteiger partial charge >= 0.3 is 0 Å². The SMILES string of the molecule is Cc1cc(C)n(Cc2ccc(C(=O)N[C@H]3CCCCNC(=O)[C@H](Cc4ccccc4)NC(=O)c4coc(n4)[C@H](C)NC3=O)cc2)n1. The van der Waals surface area contributed by atoms with Crippen LogP contribution in [0.4, 0.5) is 0 Å². The highest BCUT2D eigenvalue weighted by Crippen LogP contribution is 2.15. The molecule has 0 saturated heterocycles. The van der Waals surface area contributed by atoms with E-state index in [-0.39, 0.29) is 23.4 Å². The topological polar surface area (TPSA) is 160 Å². The molecule has 1 aliphatic heterocycles. The maximum Gasteiger partial charge on any atom is 0.273 e. The summed E-state index contributed by atoms with van der Waals surface area (Å²) in [6.07, 6.45) is 2.95. The number of hydrogen-bond acceptors (Lipinski definition) is 7. The maximum absolute atomic E-state index is 13.4. The van der Waals surface area contributed by atoms with Crippen LogP contribution in [0, 0.1) is 13.8 Å². The van der Waals surface area contributed by atoms with E-state index in [0.717, 1.165) is 22.5 Å². The molecule has 2 aromatic carbocycles. The Morgan fingerprint density at radius 3 is 2.46 bits per heavy atom. The van der Waals surface area contributed by atoms with Crippen molar-refractivity contribution in [3.8, 4) is 0 Å². The third-order valence-corrected chi connectivity index (χ3v) is 7.88. The summed E-state index contributed by atoms with van der Waals surface area (Å²) >= 11 is 0. The predicted octanol–water partition coefficient (Wildman–Crippen LogP) is 3.15. The minimum Gasteiger partial charge on any atom is -0.446 e. The van der Waals surface area contributed by atoms with Gasteiger partial charge in [-0.15, -0.1) is 0 Å². The number of amides is 4. The average molecular weight is 626 g/mol. The molecular formula is C34H39N7O5. The van der Waals surface area contributed by atoms with Gasteiger partial charge in [-0.25, -0.2) is 4.98 Å². The Kier molecular flexibility index (Phi) is 10.3. The van der Waals surface area contributed by atoms with E-state index in [1.807, 2.05) is 67.1 Å². The van der Waals surface area contributed by atoms with Crippen LogP contribution < -0.4 is 21.3 Å². The van der Waals surface area contributed by atoms with Gasteiger partial charge < -0.3 is 25.7 Å². The molecule has 2 bridgehead atoms. The molecule has 0 saturated carbocycles. The Bertz CT molecular complexity index is 1680. The number of rotatable bonds is 6. The van der Waals surface area contributed by atoms with E-state index in [0.29, 0.717) is 44.3 Å². The van der Waals surface area contributed by atoms with Crippen molar-refractivity contribution in [2.45, 2.75) is 71.1 Å². The minimum absolute atomic E-state index is 0.0137. The fourth-order valence-electron chi connectivity index (χ4n) is 5.35. The molecule has 0 fully saturated rings. The van der Waals surface area contributed by atoms with Crippen LogP contribution in [-0.4, -0.2) is 57.0 Å². The van der Waals surface area contributed by atoms with E-state index in [2.05, 4.69) is 31.3 Å². The predicted molar refractivity (Wildman–Crippen MR) is 170 cm³/mol. The lowest BCUT2D eigenvalue weighted by molar-refractivity contribution is -0.124. The molecule has 4 N–H and O–H groups in total. The number of carbonyl (C=O) groups excluding carboxylic acids is 4. The van der Waals surface area contributed by atoms with Gasteiger partial charge in [0.1, 0.15) is 24.4 Å². The first kappa shape index (κ1) is 32.1. The van der Waals surface area contributed by atoms with Crippen LogP contribution in [-0.2, 0) is 22.6 Å². The monoisotopic (exact) mass is 625 g/mol. The normalized spacial score (nSPS) is 19.5. The molecule has 12 heteroatoms. The van der Waals surface area contributed by atoms with Crippen molar-refractivity contribution in [1.29, 1.82) is 0 Å². The fraction of sp³-hybridized carbons (Fsp3) is 0.353. The standard InChI is InChI=1S/C34H39N7O5/c1-21-17-22(2)41(40-21)19-25-12-14-26(15-13-25)30(42)37-27-11-7-8-16-35-31(43)28(18-24-9-5-4-6-10-24)38-33(45)29-20-46-34(39-29)23(3)36-32(27)44/h4-6,9-10,12-15,17,20,23,27-28H,7-8,11,16,18-19H2,1-3H3,(H,35,43)(H,36,44)(H,37,42)(H,38,45)/t23-,27-,28-/m0/s1. The molecular weight excluding hydrogens is 586 g/mol. The largest absolute Gasteiger partial charge is 0.446 e. The van der Waals surface area contributed by atoms with E-state index < -0.39 is 29.9 Å². The van der Waals surface area contributed by atoms with Gasteiger partial charge in [0.25, 0.3) is 11.8 Å². The van der Waals surface area contributed by atoms with Crippen LogP contribution in [0.25, 0.3) is 0 Å². The van der Waals surface area contributed by atoms with Gasteiger partial charge in [0, 0.05) is 24.2 Å². The van der Waals surface area contributed by atoms with Crippen molar-refractivity contribution in [2.24, 2.45) is 0 Å². The number of benzene rings is 2. The summed E-state index contributed by atoms with van der Waals surface area (Å²) < 4.78 is 7.43. The lowest BCUT2D eigenvalue weighted by Crippen LogP contribution is -2.49. The number of aromatic nitrogens is 3. The lowest BCUT2D eigenvalue weighted by atomic mass is 10.0. The van der Waals surface area contributed by atoms with E-state index in [9.17, 15) is 19.2 Å². The smallest absolute Gasteiger partial charge is 0.273 e. The summed E-state index contributed by atoms with van der Waals surface area (Å²) in [4.78, 5) is 57.1. The van der Waals surface area contributed by atoms with Crippen LogP contribution in [0.1, 0.15) is 81.5 Å². The summed E-state index contributed by atoms with van der Waals surface area (Å²) in [5.74, 6) is -1.57. The number of nitrogens with zero attached hydrogens (tertiary/aromatic N) is 3. The molecule has 46 heavy (non-hydrogen) atoms. The number of nitrogens with one attached hydrogen (secondary N) is 4. The molecule has 3 atom stereocenters. The highest BCUT2D eigenvalue weighted by molar-refractivity contribution is 5.98. The second-order valence-electron chi connectivity index (χ2n) is 11.6. The molecule has 4 amide bonds.